The van der Waals surface area contributed by atoms with E-state index >= 15 is 0 Å². The van der Waals surface area contributed by atoms with Crippen LogP contribution in [-0.4, -0.2) is 29.9 Å². The van der Waals surface area contributed by atoms with E-state index < -0.39 is 0 Å². The van der Waals surface area contributed by atoms with Crippen LogP contribution in [0.25, 0.3) is 0 Å². The number of hydrogen-bond donors (Lipinski definition) is 1. The second-order valence-electron chi connectivity index (χ2n) is 8.35. The highest BCUT2D eigenvalue weighted by molar-refractivity contribution is 5.83. The summed E-state index contributed by atoms with van der Waals surface area (Å²) < 4.78 is 0. The van der Waals surface area contributed by atoms with Gasteiger partial charge in [0.15, 0.2) is 0 Å². The molecular formula is C16H26N2O. The van der Waals surface area contributed by atoms with Gasteiger partial charge in [-0.05, 0) is 62.2 Å². The smallest absolute Gasteiger partial charge is 0.228 e. The molecule has 106 valence electrons. The Bertz CT molecular complexity index is 405. The Balaban J connectivity index is 1.61. The van der Waals surface area contributed by atoms with Crippen molar-refractivity contribution < 1.29 is 4.79 Å². The van der Waals surface area contributed by atoms with Gasteiger partial charge in [-0.2, -0.15) is 0 Å². The van der Waals surface area contributed by atoms with E-state index in [-0.39, 0.29) is 11.5 Å². The average molecular weight is 262 g/mol. The fourth-order valence-corrected chi connectivity index (χ4v) is 6.28. The predicted molar refractivity (Wildman–Crippen MR) is 74.4 cm³/mol. The van der Waals surface area contributed by atoms with Gasteiger partial charge < -0.3 is 10.6 Å². The summed E-state index contributed by atoms with van der Waals surface area (Å²) in [5, 5.41) is 0. The Morgan fingerprint density at radius 1 is 1.21 bits per heavy atom. The van der Waals surface area contributed by atoms with E-state index in [1.807, 2.05) is 0 Å². The van der Waals surface area contributed by atoms with Crippen molar-refractivity contribution in [3.63, 3.8) is 0 Å². The Kier molecular flexibility index (Phi) is 2.41. The molecule has 1 aliphatic heterocycles. The number of carbonyl (C=O) groups excluding carboxylic acids is 1. The molecule has 19 heavy (non-hydrogen) atoms. The maximum atomic E-state index is 13.1. The van der Waals surface area contributed by atoms with Gasteiger partial charge in [0.2, 0.25) is 5.91 Å². The summed E-state index contributed by atoms with van der Waals surface area (Å²) in [4.78, 5) is 15.1. The number of nitrogens with zero attached hydrogens (tertiary/aromatic N) is 1. The van der Waals surface area contributed by atoms with E-state index in [1.54, 1.807) is 0 Å². The van der Waals surface area contributed by atoms with Gasteiger partial charge in [0.25, 0.3) is 0 Å². The van der Waals surface area contributed by atoms with E-state index in [0.29, 0.717) is 11.3 Å². The lowest BCUT2D eigenvalue weighted by Gasteiger charge is -2.61. The van der Waals surface area contributed by atoms with Crippen molar-refractivity contribution in [3.8, 4) is 0 Å². The monoisotopic (exact) mass is 262 g/mol. The van der Waals surface area contributed by atoms with E-state index in [4.69, 9.17) is 5.73 Å². The molecule has 3 heteroatoms. The summed E-state index contributed by atoms with van der Waals surface area (Å²) in [5.41, 5.74) is 6.45. The van der Waals surface area contributed by atoms with Crippen molar-refractivity contribution in [2.45, 2.75) is 57.9 Å². The molecule has 1 saturated heterocycles. The SMILES string of the molecule is CC12CC3CC(C1)CC(C(=O)N1CC[C@H](N)C1)(C3)C2. The third-order valence-electron chi connectivity index (χ3n) is 6.32. The van der Waals surface area contributed by atoms with Crippen molar-refractivity contribution >= 4 is 5.91 Å². The van der Waals surface area contributed by atoms with Crippen LogP contribution in [-0.2, 0) is 4.79 Å². The minimum Gasteiger partial charge on any atom is -0.341 e. The van der Waals surface area contributed by atoms with Crippen molar-refractivity contribution in [1.82, 2.24) is 4.90 Å². The largest absolute Gasteiger partial charge is 0.341 e. The molecule has 4 aliphatic carbocycles. The molecule has 5 aliphatic rings. The maximum absolute atomic E-state index is 13.1. The lowest BCUT2D eigenvalue weighted by atomic mass is 9.44. The lowest BCUT2D eigenvalue weighted by Crippen LogP contribution is -2.57. The van der Waals surface area contributed by atoms with Gasteiger partial charge >= 0.3 is 0 Å². The first-order valence-corrected chi connectivity index (χ1v) is 8.03. The van der Waals surface area contributed by atoms with Crippen LogP contribution in [0, 0.1) is 22.7 Å². The average Bonchev–Trinajstić information content (AvgIpc) is 2.71. The summed E-state index contributed by atoms with van der Waals surface area (Å²) >= 11 is 0. The van der Waals surface area contributed by atoms with Crippen LogP contribution >= 0.6 is 0 Å². The van der Waals surface area contributed by atoms with Gasteiger partial charge in [-0.3, -0.25) is 4.79 Å². The van der Waals surface area contributed by atoms with Gasteiger partial charge in [0.1, 0.15) is 0 Å². The fraction of sp³-hybridized carbons (Fsp3) is 0.938. The fourth-order valence-electron chi connectivity index (χ4n) is 6.28. The van der Waals surface area contributed by atoms with Crippen LogP contribution < -0.4 is 5.73 Å². The minimum atomic E-state index is 0.00287. The first-order valence-electron chi connectivity index (χ1n) is 8.03. The van der Waals surface area contributed by atoms with E-state index in [2.05, 4.69) is 11.8 Å². The number of nitrogens with two attached hydrogens (primary N) is 1. The van der Waals surface area contributed by atoms with Crippen molar-refractivity contribution in [2.75, 3.05) is 13.1 Å². The normalized spacial score (nSPS) is 51.9. The molecule has 2 unspecified atom stereocenters. The third kappa shape index (κ3) is 1.77. The Labute approximate surface area is 115 Å². The molecule has 4 saturated carbocycles. The van der Waals surface area contributed by atoms with Crippen LogP contribution in [0.2, 0.25) is 0 Å². The van der Waals surface area contributed by atoms with E-state index in [1.165, 1.54) is 32.1 Å². The van der Waals surface area contributed by atoms with Gasteiger partial charge in [0.05, 0.1) is 5.41 Å². The number of likely N-dealkylation sites (tertiary alicyclic amines) is 1. The lowest BCUT2D eigenvalue weighted by molar-refractivity contribution is -0.165. The first kappa shape index (κ1) is 12.2. The maximum Gasteiger partial charge on any atom is 0.228 e. The summed E-state index contributed by atoms with van der Waals surface area (Å²) in [6.45, 7) is 4.13. The first-order chi connectivity index (χ1) is 8.98. The summed E-state index contributed by atoms with van der Waals surface area (Å²) in [5.74, 6) is 2.11. The topological polar surface area (TPSA) is 46.3 Å². The van der Waals surface area contributed by atoms with Gasteiger partial charge in [-0.1, -0.05) is 6.92 Å². The molecule has 3 atom stereocenters. The van der Waals surface area contributed by atoms with E-state index in [0.717, 1.165) is 37.8 Å². The highest BCUT2D eigenvalue weighted by Gasteiger charge is 2.59. The zero-order valence-corrected chi connectivity index (χ0v) is 12.0. The molecule has 0 aromatic carbocycles. The molecule has 5 fully saturated rings. The van der Waals surface area contributed by atoms with Gasteiger partial charge in [-0.25, -0.2) is 0 Å². The summed E-state index contributed by atoms with van der Waals surface area (Å²) in [6.07, 6.45) is 8.62. The van der Waals surface area contributed by atoms with Crippen LogP contribution in [0.15, 0.2) is 0 Å². The van der Waals surface area contributed by atoms with Crippen LogP contribution in [0.3, 0.4) is 0 Å². The number of amides is 1. The second-order valence-corrected chi connectivity index (χ2v) is 8.35. The van der Waals surface area contributed by atoms with Crippen molar-refractivity contribution in [1.29, 1.82) is 0 Å². The molecule has 0 aromatic rings. The van der Waals surface area contributed by atoms with Crippen LogP contribution in [0.1, 0.15) is 51.9 Å². The van der Waals surface area contributed by atoms with Crippen molar-refractivity contribution in [2.24, 2.45) is 28.4 Å². The van der Waals surface area contributed by atoms with Gasteiger partial charge in [0, 0.05) is 19.1 Å². The molecule has 0 spiro atoms. The van der Waals surface area contributed by atoms with Gasteiger partial charge in [-0.15, -0.1) is 0 Å². The molecule has 0 radical (unpaired) electrons. The standard InChI is InChI=1S/C16H26N2O/c1-15-5-11-4-12(6-15)8-16(7-11,10-15)14(19)18-3-2-13(17)9-18/h11-13H,2-10,17H2,1H3/t11?,12?,13-,15?,16?/m0/s1. The molecule has 2 N–H and O–H groups in total. The zero-order chi connectivity index (χ0) is 13.3. The predicted octanol–water partition coefficient (Wildman–Crippen LogP) is 2.15. The number of rotatable bonds is 1. The highest BCUT2D eigenvalue weighted by Crippen LogP contribution is 2.65. The highest BCUT2D eigenvalue weighted by atomic mass is 16.2. The van der Waals surface area contributed by atoms with E-state index in [9.17, 15) is 4.79 Å². The summed E-state index contributed by atoms with van der Waals surface area (Å²) in [6, 6.07) is 0.216. The Morgan fingerprint density at radius 3 is 2.42 bits per heavy atom. The van der Waals surface area contributed by atoms with Crippen molar-refractivity contribution in [3.05, 3.63) is 0 Å². The molecule has 4 bridgehead atoms. The second kappa shape index (κ2) is 3.75. The summed E-state index contributed by atoms with van der Waals surface area (Å²) in [7, 11) is 0. The molecule has 5 rings (SSSR count). The molecule has 1 heterocycles. The molecule has 1 amide bonds. The number of carbonyl (C=O) groups is 1. The number of hydrogen-bond acceptors (Lipinski definition) is 2. The quantitative estimate of drug-likeness (QED) is 0.787. The Hall–Kier alpha value is -0.570. The molecular weight excluding hydrogens is 236 g/mol. The van der Waals surface area contributed by atoms with Crippen LogP contribution in [0.5, 0.6) is 0 Å². The molecule has 3 nitrogen and oxygen atoms in total. The van der Waals surface area contributed by atoms with Crippen LogP contribution in [0.4, 0.5) is 0 Å². The Morgan fingerprint density at radius 2 is 1.89 bits per heavy atom. The third-order valence-corrected chi connectivity index (χ3v) is 6.32. The zero-order valence-electron chi connectivity index (χ0n) is 12.0. The molecule has 0 aromatic heterocycles. The minimum absolute atomic E-state index is 0.00287.